The van der Waals surface area contributed by atoms with E-state index in [1.54, 1.807) is 0 Å². The Hall–Kier alpha value is -0.240. The van der Waals surface area contributed by atoms with Gasteiger partial charge < -0.3 is 30.6 Å². The lowest BCUT2D eigenvalue weighted by atomic mass is 9.42. The topological polar surface area (TPSA) is 121 Å². The maximum atomic E-state index is 12.3. The Morgan fingerprint density at radius 1 is 0.909 bits per heavy atom. The molecule has 6 nitrogen and oxygen atoms in total. The van der Waals surface area contributed by atoms with E-state index in [0.717, 1.165) is 38.5 Å². The Bertz CT molecular complexity index is 702. The SMILES string of the molecule is C[C@@H](CO)CCC[C@@H](C)[C@H]1[C@@H](O)[C@H](O)C2[C@]3(O)C[C@@H](O)C4C[C@@H](O)CC[C@]4(C)C3CC[C@@]21C. The number of hydrogen-bond donors (Lipinski definition) is 6. The van der Waals surface area contributed by atoms with E-state index in [1.807, 2.05) is 6.92 Å². The van der Waals surface area contributed by atoms with Crippen molar-refractivity contribution in [1.29, 1.82) is 0 Å². The molecular weight excluding hydrogens is 420 g/mol. The summed E-state index contributed by atoms with van der Waals surface area (Å²) in [5.41, 5.74) is -1.90. The molecule has 3 unspecified atom stereocenters. The first-order valence-electron chi connectivity index (χ1n) is 13.5. The van der Waals surface area contributed by atoms with Crippen LogP contribution in [0.25, 0.3) is 0 Å². The highest BCUT2D eigenvalue weighted by molar-refractivity contribution is 5.21. The van der Waals surface area contributed by atoms with Crippen molar-refractivity contribution in [2.75, 3.05) is 6.61 Å². The van der Waals surface area contributed by atoms with E-state index in [0.29, 0.717) is 12.8 Å². The van der Waals surface area contributed by atoms with Crippen LogP contribution in [0.1, 0.15) is 85.5 Å². The lowest BCUT2D eigenvalue weighted by Gasteiger charge is -2.65. The van der Waals surface area contributed by atoms with Crippen molar-refractivity contribution in [3.63, 3.8) is 0 Å². The van der Waals surface area contributed by atoms with Crippen molar-refractivity contribution >= 4 is 0 Å². The van der Waals surface area contributed by atoms with E-state index in [1.165, 1.54) is 0 Å². The third-order valence-electron chi connectivity index (χ3n) is 11.1. The Labute approximate surface area is 199 Å². The van der Waals surface area contributed by atoms with Gasteiger partial charge in [-0.15, -0.1) is 0 Å². The van der Waals surface area contributed by atoms with Gasteiger partial charge in [0.1, 0.15) is 0 Å². The Kier molecular flexibility index (Phi) is 7.05. The summed E-state index contributed by atoms with van der Waals surface area (Å²) in [6.07, 6.45) is 3.75. The van der Waals surface area contributed by atoms with Gasteiger partial charge in [0.15, 0.2) is 0 Å². The number of fused-ring (bicyclic) bond motifs is 5. The fourth-order valence-corrected chi connectivity index (χ4v) is 9.57. The summed E-state index contributed by atoms with van der Waals surface area (Å²) in [7, 11) is 0. The van der Waals surface area contributed by atoms with Crippen LogP contribution in [0.3, 0.4) is 0 Å². The molecule has 13 atom stereocenters. The number of rotatable bonds is 6. The molecule has 33 heavy (non-hydrogen) atoms. The van der Waals surface area contributed by atoms with Gasteiger partial charge in [-0.25, -0.2) is 0 Å². The van der Waals surface area contributed by atoms with E-state index >= 15 is 0 Å². The molecule has 0 bridgehead atoms. The van der Waals surface area contributed by atoms with Crippen LogP contribution < -0.4 is 0 Å². The molecule has 4 aliphatic carbocycles. The van der Waals surface area contributed by atoms with Crippen LogP contribution in [-0.2, 0) is 0 Å². The summed E-state index contributed by atoms with van der Waals surface area (Å²) in [5.74, 6) is -0.211. The minimum atomic E-state index is -1.22. The molecular formula is C27H48O6. The second-order valence-corrected chi connectivity index (χ2v) is 13.1. The molecule has 4 aliphatic rings. The second kappa shape index (κ2) is 9.01. The highest BCUT2D eigenvalue weighted by Gasteiger charge is 2.72. The van der Waals surface area contributed by atoms with Crippen LogP contribution in [-0.4, -0.2) is 67.3 Å². The molecule has 0 saturated heterocycles. The van der Waals surface area contributed by atoms with Gasteiger partial charge >= 0.3 is 0 Å². The third kappa shape index (κ3) is 3.92. The quantitative estimate of drug-likeness (QED) is 0.356. The largest absolute Gasteiger partial charge is 0.396 e. The minimum absolute atomic E-state index is 0.0393. The summed E-state index contributed by atoms with van der Waals surface area (Å²) in [6, 6.07) is 0. The fourth-order valence-electron chi connectivity index (χ4n) is 9.57. The molecule has 0 radical (unpaired) electrons. The molecule has 0 spiro atoms. The van der Waals surface area contributed by atoms with Crippen LogP contribution in [0.4, 0.5) is 0 Å². The van der Waals surface area contributed by atoms with E-state index in [2.05, 4.69) is 20.8 Å². The zero-order valence-electron chi connectivity index (χ0n) is 21.0. The first-order valence-corrected chi connectivity index (χ1v) is 13.5. The average molecular weight is 469 g/mol. The normalized spacial score (nSPS) is 53.6. The zero-order chi connectivity index (χ0) is 24.3. The second-order valence-electron chi connectivity index (χ2n) is 13.1. The first-order chi connectivity index (χ1) is 15.4. The Balaban J connectivity index is 1.61. The van der Waals surface area contributed by atoms with E-state index in [4.69, 9.17) is 0 Å². The molecule has 6 heteroatoms. The maximum Gasteiger partial charge on any atom is 0.0863 e. The van der Waals surface area contributed by atoms with Gasteiger partial charge in [0.05, 0.1) is 30.0 Å². The van der Waals surface area contributed by atoms with Gasteiger partial charge in [0.2, 0.25) is 0 Å². The molecule has 0 aromatic carbocycles. The van der Waals surface area contributed by atoms with E-state index in [9.17, 15) is 30.6 Å². The molecule has 4 rings (SSSR count). The summed E-state index contributed by atoms with van der Waals surface area (Å²) in [4.78, 5) is 0. The van der Waals surface area contributed by atoms with Crippen molar-refractivity contribution in [3.8, 4) is 0 Å². The number of aliphatic hydroxyl groups excluding tert-OH is 5. The van der Waals surface area contributed by atoms with Crippen molar-refractivity contribution in [2.45, 2.75) is 115 Å². The summed E-state index contributed by atoms with van der Waals surface area (Å²) < 4.78 is 0. The number of hydrogen-bond acceptors (Lipinski definition) is 6. The number of aliphatic hydroxyl groups is 6. The summed E-state index contributed by atoms with van der Waals surface area (Å²) in [5, 5.41) is 65.7. The molecule has 0 aliphatic heterocycles. The zero-order valence-corrected chi connectivity index (χ0v) is 21.0. The molecule has 4 saturated carbocycles. The molecule has 6 N–H and O–H groups in total. The van der Waals surface area contributed by atoms with Gasteiger partial charge in [0.25, 0.3) is 0 Å². The predicted molar refractivity (Wildman–Crippen MR) is 126 cm³/mol. The lowest BCUT2D eigenvalue weighted by Crippen LogP contribution is -2.68. The standard InChI is InChI=1S/C27H48O6/c1-15(14-28)6-5-7-16(2)21-22(31)23(32)24-26(21,4)11-9-20-25(3)10-8-17(29)12-18(25)19(30)13-27(20,24)33/h15-24,28-33H,5-14H2,1-4H3/t15-,16-,17+,18?,19-,20?,21+,22-,23+,24?,25+,26-,27+/m1/s1. The highest BCUT2D eigenvalue weighted by atomic mass is 16.3. The smallest absolute Gasteiger partial charge is 0.0863 e. The van der Waals surface area contributed by atoms with E-state index in [-0.39, 0.29) is 48.0 Å². The van der Waals surface area contributed by atoms with Crippen LogP contribution in [0.15, 0.2) is 0 Å². The van der Waals surface area contributed by atoms with Gasteiger partial charge in [0, 0.05) is 18.9 Å². The minimum Gasteiger partial charge on any atom is -0.396 e. The molecule has 0 amide bonds. The van der Waals surface area contributed by atoms with Gasteiger partial charge in [-0.05, 0) is 78.9 Å². The van der Waals surface area contributed by atoms with Crippen LogP contribution in [0.5, 0.6) is 0 Å². The van der Waals surface area contributed by atoms with Gasteiger partial charge in [-0.1, -0.05) is 40.5 Å². The van der Waals surface area contributed by atoms with Gasteiger partial charge in [-0.2, -0.15) is 0 Å². The maximum absolute atomic E-state index is 12.3. The lowest BCUT2D eigenvalue weighted by molar-refractivity contribution is -0.264. The first kappa shape index (κ1) is 25.8. The molecule has 0 aromatic rings. The summed E-state index contributed by atoms with van der Waals surface area (Å²) >= 11 is 0. The third-order valence-corrected chi connectivity index (χ3v) is 11.1. The van der Waals surface area contributed by atoms with E-state index < -0.39 is 41.3 Å². The Morgan fingerprint density at radius 3 is 2.24 bits per heavy atom. The highest BCUT2D eigenvalue weighted by Crippen LogP contribution is 2.69. The molecule has 0 heterocycles. The van der Waals surface area contributed by atoms with Gasteiger partial charge in [-0.3, -0.25) is 0 Å². The van der Waals surface area contributed by atoms with Crippen molar-refractivity contribution in [1.82, 2.24) is 0 Å². The molecule has 0 aromatic heterocycles. The van der Waals surface area contributed by atoms with Crippen molar-refractivity contribution in [2.24, 2.45) is 46.3 Å². The fraction of sp³-hybridized carbons (Fsp3) is 1.00. The van der Waals surface area contributed by atoms with Crippen LogP contribution >= 0.6 is 0 Å². The Morgan fingerprint density at radius 2 is 1.58 bits per heavy atom. The summed E-state index contributed by atoms with van der Waals surface area (Å²) in [6.45, 7) is 8.70. The molecule has 192 valence electrons. The van der Waals surface area contributed by atoms with Crippen LogP contribution in [0.2, 0.25) is 0 Å². The molecule has 4 fully saturated rings. The van der Waals surface area contributed by atoms with Crippen LogP contribution in [0, 0.1) is 46.3 Å². The average Bonchev–Trinajstić information content (AvgIpc) is 2.95. The monoisotopic (exact) mass is 468 g/mol. The van der Waals surface area contributed by atoms with Crippen molar-refractivity contribution < 1.29 is 30.6 Å². The predicted octanol–water partition coefficient (Wildman–Crippen LogP) is 2.47. The van der Waals surface area contributed by atoms with Crippen molar-refractivity contribution in [3.05, 3.63) is 0 Å².